The Labute approximate surface area is 150 Å². The number of thiazole rings is 1. The van der Waals surface area contributed by atoms with E-state index in [1.807, 2.05) is 7.05 Å². The second-order valence-electron chi connectivity index (χ2n) is 6.43. The van der Waals surface area contributed by atoms with Crippen LogP contribution in [0.2, 0.25) is 0 Å². The fourth-order valence-electron chi connectivity index (χ4n) is 3.33. The maximum atomic E-state index is 5.98. The highest BCUT2D eigenvalue weighted by Gasteiger charge is 2.25. The van der Waals surface area contributed by atoms with Gasteiger partial charge in [0.2, 0.25) is 0 Å². The van der Waals surface area contributed by atoms with Crippen LogP contribution >= 0.6 is 11.3 Å². The number of aliphatic imine (C=N–C) groups is 1. The Kier molecular flexibility index (Phi) is 7.99. The van der Waals surface area contributed by atoms with Crippen LogP contribution in [0.15, 0.2) is 4.99 Å². The molecule has 0 aromatic carbocycles. The monoisotopic (exact) mass is 352 g/mol. The van der Waals surface area contributed by atoms with E-state index < -0.39 is 0 Å². The molecule has 1 aromatic rings. The number of guanidine groups is 1. The molecule has 0 aliphatic heterocycles. The van der Waals surface area contributed by atoms with Crippen LogP contribution < -0.4 is 10.6 Å². The van der Waals surface area contributed by atoms with Crippen LogP contribution in [0.5, 0.6) is 0 Å². The molecule has 1 aliphatic carbocycles. The molecule has 2 N–H and O–H groups in total. The van der Waals surface area contributed by atoms with Gasteiger partial charge in [-0.25, -0.2) is 4.98 Å². The standard InChI is InChI=1S/C18H32N4OS/c1-5-23-16(15-8-6-7-9-15)10-11-20-18(19-4)21-12-17-22-13(2)14(3)24-17/h15-16H,5-12H2,1-4H3,(H2,19,20,21). The molecule has 0 amide bonds. The van der Waals surface area contributed by atoms with Crippen molar-refractivity contribution in [1.29, 1.82) is 0 Å². The molecular formula is C18H32N4OS. The number of nitrogens with one attached hydrogen (secondary N) is 2. The third-order valence-electron chi connectivity index (χ3n) is 4.73. The van der Waals surface area contributed by atoms with Gasteiger partial charge in [-0.2, -0.15) is 0 Å². The maximum Gasteiger partial charge on any atom is 0.191 e. The zero-order chi connectivity index (χ0) is 17.4. The minimum absolute atomic E-state index is 0.382. The van der Waals surface area contributed by atoms with Crippen molar-refractivity contribution in [3.05, 3.63) is 15.6 Å². The minimum Gasteiger partial charge on any atom is -0.378 e. The van der Waals surface area contributed by atoms with Crippen LogP contribution in [-0.2, 0) is 11.3 Å². The van der Waals surface area contributed by atoms with E-state index in [4.69, 9.17) is 4.74 Å². The summed E-state index contributed by atoms with van der Waals surface area (Å²) < 4.78 is 5.98. The highest BCUT2D eigenvalue weighted by atomic mass is 32.1. The fraction of sp³-hybridized carbons (Fsp3) is 0.778. The van der Waals surface area contributed by atoms with Crippen molar-refractivity contribution in [2.75, 3.05) is 20.2 Å². The molecule has 1 saturated carbocycles. The molecule has 136 valence electrons. The van der Waals surface area contributed by atoms with Crippen molar-refractivity contribution in [3.8, 4) is 0 Å². The number of aryl methyl sites for hydroxylation is 2. The maximum absolute atomic E-state index is 5.98. The number of nitrogens with zero attached hydrogens (tertiary/aromatic N) is 2. The van der Waals surface area contributed by atoms with Crippen LogP contribution in [0.4, 0.5) is 0 Å². The summed E-state index contributed by atoms with van der Waals surface area (Å²) in [6.07, 6.45) is 6.78. The van der Waals surface area contributed by atoms with Gasteiger partial charge in [0, 0.05) is 25.1 Å². The molecule has 0 bridgehead atoms. The SMILES string of the molecule is CCOC(CCNC(=NC)NCc1nc(C)c(C)s1)C1CCCC1. The Morgan fingerprint density at radius 1 is 1.33 bits per heavy atom. The van der Waals surface area contributed by atoms with Crippen LogP contribution in [0.1, 0.15) is 54.6 Å². The van der Waals surface area contributed by atoms with E-state index in [2.05, 4.69) is 41.4 Å². The molecule has 0 saturated heterocycles. The van der Waals surface area contributed by atoms with Crippen molar-refractivity contribution in [1.82, 2.24) is 15.6 Å². The lowest BCUT2D eigenvalue weighted by molar-refractivity contribution is 0.0169. The Balaban J connectivity index is 1.73. The van der Waals surface area contributed by atoms with Crippen LogP contribution in [-0.4, -0.2) is 37.2 Å². The average molecular weight is 353 g/mol. The Hall–Kier alpha value is -1.14. The van der Waals surface area contributed by atoms with E-state index in [0.29, 0.717) is 6.10 Å². The summed E-state index contributed by atoms with van der Waals surface area (Å²) in [5.41, 5.74) is 1.12. The zero-order valence-corrected chi connectivity index (χ0v) is 16.3. The molecule has 1 aromatic heterocycles. The van der Waals surface area contributed by atoms with Crippen molar-refractivity contribution < 1.29 is 4.74 Å². The van der Waals surface area contributed by atoms with Gasteiger partial charge in [0.15, 0.2) is 5.96 Å². The summed E-state index contributed by atoms with van der Waals surface area (Å²) in [4.78, 5) is 10.1. The van der Waals surface area contributed by atoms with Crippen LogP contribution in [0, 0.1) is 19.8 Å². The summed E-state index contributed by atoms with van der Waals surface area (Å²) in [5.74, 6) is 1.57. The van der Waals surface area contributed by atoms with E-state index in [9.17, 15) is 0 Å². The van der Waals surface area contributed by atoms with Gasteiger partial charge in [0.25, 0.3) is 0 Å². The molecule has 2 rings (SSSR count). The normalized spacial score (nSPS) is 17.2. The summed E-state index contributed by atoms with van der Waals surface area (Å²) >= 11 is 1.74. The molecule has 0 radical (unpaired) electrons. The van der Waals surface area contributed by atoms with Crippen LogP contribution in [0.3, 0.4) is 0 Å². The third-order valence-corrected chi connectivity index (χ3v) is 5.80. The minimum atomic E-state index is 0.382. The molecule has 1 unspecified atom stereocenters. The molecule has 0 spiro atoms. The second kappa shape index (κ2) is 9.99. The average Bonchev–Trinajstić information content (AvgIpc) is 3.20. The van der Waals surface area contributed by atoms with E-state index in [0.717, 1.165) is 48.7 Å². The van der Waals surface area contributed by atoms with Crippen molar-refractivity contribution in [2.24, 2.45) is 10.9 Å². The largest absolute Gasteiger partial charge is 0.378 e. The van der Waals surface area contributed by atoms with Gasteiger partial charge in [-0.05, 0) is 46.0 Å². The topological polar surface area (TPSA) is 58.5 Å². The Morgan fingerprint density at radius 2 is 2.08 bits per heavy atom. The first-order valence-electron chi connectivity index (χ1n) is 9.13. The van der Waals surface area contributed by atoms with Gasteiger partial charge in [-0.1, -0.05) is 12.8 Å². The molecule has 1 heterocycles. The van der Waals surface area contributed by atoms with Crippen molar-refractivity contribution in [2.45, 2.75) is 65.5 Å². The number of ether oxygens (including phenoxy) is 1. The van der Waals surface area contributed by atoms with E-state index in [-0.39, 0.29) is 0 Å². The first kappa shape index (κ1) is 19.2. The smallest absolute Gasteiger partial charge is 0.191 e. The summed E-state index contributed by atoms with van der Waals surface area (Å²) in [5, 5.41) is 7.86. The van der Waals surface area contributed by atoms with Gasteiger partial charge in [-0.3, -0.25) is 4.99 Å². The predicted octanol–water partition coefficient (Wildman–Crippen LogP) is 3.41. The third kappa shape index (κ3) is 5.74. The fourth-order valence-corrected chi connectivity index (χ4v) is 4.20. The Bertz CT molecular complexity index is 504. The summed E-state index contributed by atoms with van der Waals surface area (Å²) in [6.45, 7) is 8.66. The molecular weight excluding hydrogens is 320 g/mol. The van der Waals surface area contributed by atoms with Crippen molar-refractivity contribution in [3.63, 3.8) is 0 Å². The lowest BCUT2D eigenvalue weighted by Crippen LogP contribution is -2.39. The first-order chi connectivity index (χ1) is 11.6. The molecule has 1 aliphatic rings. The summed E-state index contributed by atoms with van der Waals surface area (Å²) in [6, 6.07) is 0. The second-order valence-corrected chi connectivity index (χ2v) is 7.72. The number of rotatable bonds is 8. The highest BCUT2D eigenvalue weighted by molar-refractivity contribution is 7.11. The van der Waals surface area contributed by atoms with Gasteiger partial charge in [0.05, 0.1) is 18.3 Å². The molecule has 1 fully saturated rings. The highest BCUT2D eigenvalue weighted by Crippen LogP contribution is 2.30. The molecule has 24 heavy (non-hydrogen) atoms. The lowest BCUT2D eigenvalue weighted by Gasteiger charge is -2.23. The molecule has 1 atom stereocenters. The molecule has 5 nitrogen and oxygen atoms in total. The quantitative estimate of drug-likeness (QED) is 0.556. The summed E-state index contributed by atoms with van der Waals surface area (Å²) in [7, 11) is 1.81. The zero-order valence-electron chi connectivity index (χ0n) is 15.5. The van der Waals surface area contributed by atoms with E-state index >= 15 is 0 Å². The lowest BCUT2D eigenvalue weighted by atomic mass is 9.98. The van der Waals surface area contributed by atoms with Gasteiger partial charge < -0.3 is 15.4 Å². The number of aromatic nitrogens is 1. The predicted molar refractivity (Wildman–Crippen MR) is 102 cm³/mol. The first-order valence-corrected chi connectivity index (χ1v) is 9.94. The van der Waals surface area contributed by atoms with Crippen molar-refractivity contribution >= 4 is 17.3 Å². The number of hydrogen-bond acceptors (Lipinski definition) is 4. The van der Waals surface area contributed by atoms with Gasteiger partial charge >= 0.3 is 0 Å². The molecule has 6 heteroatoms. The van der Waals surface area contributed by atoms with Crippen LogP contribution in [0.25, 0.3) is 0 Å². The van der Waals surface area contributed by atoms with E-state index in [1.165, 1.54) is 30.6 Å². The van der Waals surface area contributed by atoms with Gasteiger partial charge in [0.1, 0.15) is 5.01 Å². The van der Waals surface area contributed by atoms with Gasteiger partial charge in [-0.15, -0.1) is 11.3 Å². The Morgan fingerprint density at radius 3 is 2.67 bits per heavy atom. The van der Waals surface area contributed by atoms with E-state index in [1.54, 1.807) is 11.3 Å². The number of hydrogen-bond donors (Lipinski definition) is 2.